The summed E-state index contributed by atoms with van der Waals surface area (Å²) < 4.78 is 1.19. The zero-order valence-corrected chi connectivity index (χ0v) is 11.3. The van der Waals surface area contributed by atoms with Crippen molar-refractivity contribution in [2.75, 3.05) is 20.1 Å². The Balaban J connectivity index is 2.22. The molecule has 2 unspecified atom stereocenters. The van der Waals surface area contributed by atoms with Crippen molar-refractivity contribution in [3.05, 3.63) is 34.3 Å². The van der Waals surface area contributed by atoms with E-state index in [1.807, 2.05) is 0 Å². The molecule has 2 N–H and O–H groups in total. The van der Waals surface area contributed by atoms with Gasteiger partial charge in [-0.15, -0.1) is 0 Å². The Morgan fingerprint density at radius 2 is 1.94 bits per heavy atom. The van der Waals surface area contributed by atoms with E-state index < -0.39 is 0 Å². The summed E-state index contributed by atoms with van der Waals surface area (Å²) in [6, 6.07) is 8.74. The van der Waals surface area contributed by atoms with Crippen LogP contribution in [0.5, 0.6) is 0 Å². The molecule has 1 aliphatic heterocycles. The van der Waals surface area contributed by atoms with Crippen LogP contribution in [0, 0.1) is 0 Å². The third kappa shape index (κ3) is 2.65. The summed E-state index contributed by atoms with van der Waals surface area (Å²) in [4.78, 5) is 2.37. The van der Waals surface area contributed by atoms with Gasteiger partial charge in [0, 0.05) is 16.4 Å². The van der Waals surface area contributed by atoms with Crippen molar-refractivity contribution in [2.45, 2.75) is 24.8 Å². The van der Waals surface area contributed by atoms with Gasteiger partial charge >= 0.3 is 0 Å². The van der Waals surface area contributed by atoms with Gasteiger partial charge in [-0.25, -0.2) is 0 Å². The van der Waals surface area contributed by atoms with Crippen LogP contribution < -0.4 is 5.73 Å². The molecule has 0 radical (unpaired) electrons. The van der Waals surface area contributed by atoms with Gasteiger partial charge < -0.3 is 10.6 Å². The van der Waals surface area contributed by atoms with Crippen molar-refractivity contribution in [1.29, 1.82) is 0 Å². The maximum Gasteiger partial charge on any atom is 0.0210 e. The number of nitrogens with two attached hydrogens (primary N) is 1. The topological polar surface area (TPSA) is 29.3 Å². The molecule has 2 nitrogen and oxygen atoms in total. The van der Waals surface area contributed by atoms with Gasteiger partial charge in [0.05, 0.1) is 0 Å². The highest BCUT2D eigenvalue weighted by Crippen LogP contribution is 2.31. The number of nitrogens with zero attached hydrogens (tertiary/aromatic N) is 1. The third-order valence-electron chi connectivity index (χ3n) is 3.49. The third-order valence-corrected chi connectivity index (χ3v) is 4.21. The largest absolute Gasteiger partial charge is 0.327 e. The molecular formula is C13H19BrN2. The van der Waals surface area contributed by atoms with Crippen LogP contribution in [-0.2, 0) is 0 Å². The van der Waals surface area contributed by atoms with Gasteiger partial charge in [-0.3, -0.25) is 0 Å². The molecule has 16 heavy (non-hydrogen) atoms. The first-order chi connectivity index (χ1) is 7.68. The van der Waals surface area contributed by atoms with Gasteiger partial charge in [0.2, 0.25) is 0 Å². The standard InChI is InChI=1S/C13H19BrN2/c1-16-8-6-11(13(15)7-9-16)10-4-2-3-5-12(10)14/h2-5,11,13H,6-9,15H2,1H3. The first-order valence-corrected chi connectivity index (χ1v) is 6.66. The van der Waals surface area contributed by atoms with Crippen LogP contribution in [0.4, 0.5) is 0 Å². The van der Waals surface area contributed by atoms with Crippen LogP contribution in [0.2, 0.25) is 0 Å². The predicted octanol–water partition coefficient (Wildman–Crippen LogP) is 2.59. The van der Waals surface area contributed by atoms with Gasteiger partial charge in [0.25, 0.3) is 0 Å². The number of hydrogen-bond acceptors (Lipinski definition) is 2. The molecule has 0 aromatic heterocycles. The number of likely N-dealkylation sites (tertiary alicyclic amines) is 1. The lowest BCUT2D eigenvalue weighted by Gasteiger charge is -2.22. The van der Waals surface area contributed by atoms with Gasteiger partial charge in [0.15, 0.2) is 0 Å². The fourth-order valence-electron chi connectivity index (χ4n) is 2.42. The minimum Gasteiger partial charge on any atom is -0.327 e. The minimum atomic E-state index is 0.281. The summed E-state index contributed by atoms with van der Waals surface area (Å²) in [7, 11) is 2.18. The second kappa shape index (κ2) is 5.30. The Labute approximate surface area is 106 Å². The summed E-state index contributed by atoms with van der Waals surface area (Å²) in [5.74, 6) is 0.487. The molecule has 3 heteroatoms. The van der Waals surface area contributed by atoms with Crippen molar-refractivity contribution in [3.63, 3.8) is 0 Å². The van der Waals surface area contributed by atoms with E-state index in [2.05, 4.69) is 52.1 Å². The summed E-state index contributed by atoms with van der Waals surface area (Å²) in [5, 5.41) is 0. The molecule has 0 aliphatic carbocycles. The second-order valence-electron chi connectivity index (χ2n) is 4.67. The minimum absolute atomic E-state index is 0.281. The zero-order valence-electron chi connectivity index (χ0n) is 9.70. The number of halogens is 1. The molecule has 1 aliphatic rings. The molecule has 1 heterocycles. The smallest absolute Gasteiger partial charge is 0.0210 e. The van der Waals surface area contributed by atoms with Gasteiger partial charge in [-0.05, 0) is 44.6 Å². The SMILES string of the molecule is CN1CCC(N)C(c2ccccc2Br)CC1. The average Bonchev–Trinajstić information content (AvgIpc) is 2.43. The lowest BCUT2D eigenvalue weighted by Crippen LogP contribution is -2.28. The highest BCUT2D eigenvalue weighted by Gasteiger charge is 2.24. The van der Waals surface area contributed by atoms with Crippen molar-refractivity contribution >= 4 is 15.9 Å². The fourth-order valence-corrected chi connectivity index (χ4v) is 3.00. The van der Waals surface area contributed by atoms with Gasteiger partial charge in [-0.2, -0.15) is 0 Å². The summed E-state index contributed by atoms with van der Waals surface area (Å²) in [6.07, 6.45) is 2.24. The predicted molar refractivity (Wildman–Crippen MR) is 71.6 cm³/mol. The lowest BCUT2D eigenvalue weighted by molar-refractivity contribution is 0.346. The van der Waals surface area contributed by atoms with E-state index >= 15 is 0 Å². The molecule has 88 valence electrons. The van der Waals surface area contributed by atoms with Crippen LogP contribution in [0.1, 0.15) is 24.3 Å². The van der Waals surface area contributed by atoms with Crippen LogP contribution in [-0.4, -0.2) is 31.1 Å². The maximum absolute atomic E-state index is 6.29. The average molecular weight is 283 g/mol. The molecule has 0 amide bonds. The van der Waals surface area contributed by atoms with Gasteiger partial charge in [0.1, 0.15) is 0 Å². The van der Waals surface area contributed by atoms with Crippen molar-refractivity contribution in [1.82, 2.24) is 4.90 Å². The highest BCUT2D eigenvalue weighted by atomic mass is 79.9. The van der Waals surface area contributed by atoms with E-state index in [0.717, 1.165) is 25.9 Å². The van der Waals surface area contributed by atoms with Gasteiger partial charge in [-0.1, -0.05) is 34.1 Å². The fraction of sp³-hybridized carbons (Fsp3) is 0.538. The Kier molecular flexibility index (Phi) is 4.00. The molecule has 1 fully saturated rings. The van der Waals surface area contributed by atoms with Crippen LogP contribution in [0.15, 0.2) is 28.7 Å². The summed E-state index contributed by atoms with van der Waals surface area (Å²) >= 11 is 3.63. The number of benzene rings is 1. The maximum atomic E-state index is 6.29. The van der Waals surface area contributed by atoms with Crippen LogP contribution in [0.3, 0.4) is 0 Å². The van der Waals surface area contributed by atoms with Crippen molar-refractivity contribution in [3.8, 4) is 0 Å². The van der Waals surface area contributed by atoms with E-state index in [4.69, 9.17) is 5.73 Å². The Morgan fingerprint density at radius 1 is 1.25 bits per heavy atom. The molecular weight excluding hydrogens is 264 g/mol. The Bertz CT molecular complexity index is 354. The first kappa shape index (κ1) is 12.1. The van der Waals surface area contributed by atoms with Crippen molar-refractivity contribution < 1.29 is 0 Å². The second-order valence-corrected chi connectivity index (χ2v) is 5.53. The molecule has 2 atom stereocenters. The van der Waals surface area contributed by atoms with E-state index in [0.29, 0.717) is 5.92 Å². The van der Waals surface area contributed by atoms with E-state index in [-0.39, 0.29) is 6.04 Å². The van der Waals surface area contributed by atoms with E-state index in [1.54, 1.807) is 0 Å². The van der Waals surface area contributed by atoms with Crippen LogP contribution in [0.25, 0.3) is 0 Å². The molecule has 1 saturated heterocycles. The number of rotatable bonds is 1. The molecule has 0 saturated carbocycles. The molecule has 1 aromatic rings. The summed E-state index contributed by atoms with van der Waals surface area (Å²) in [5.41, 5.74) is 7.66. The lowest BCUT2D eigenvalue weighted by atomic mass is 9.88. The zero-order chi connectivity index (χ0) is 11.5. The Morgan fingerprint density at radius 3 is 2.69 bits per heavy atom. The first-order valence-electron chi connectivity index (χ1n) is 5.87. The quantitative estimate of drug-likeness (QED) is 0.858. The van der Waals surface area contributed by atoms with E-state index in [1.165, 1.54) is 10.0 Å². The Hall–Kier alpha value is -0.380. The molecule has 1 aromatic carbocycles. The normalized spacial score (nSPS) is 27.7. The molecule has 2 rings (SSSR count). The van der Waals surface area contributed by atoms with E-state index in [9.17, 15) is 0 Å². The molecule has 0 bridgehead atoms. The highest BCUT2D eigenvalue weighted by molar-refractivity contribution is 9.10. The molecule has 0 spiro atoms. The number of hydrogen-bond donors (Lipinski definition) is 1. The van der Waals surface area contributed by atoms with Crippen molar-refractivity contribution in [2.24, 2.45) is 5.73 Å². The summed E-state index contributed by atoms with van der Waals surface area (Å²) in [6.45, 7) is 2.25. The monoisotopic (exact) mass is 282 g/mol. The van der Waals surface area contributed by atoms with Crippen LogP contribution >= 0.6 is 15.9 Å².